The number of halogens is 1. The maximum absolute atomic E-state index is 13.2. The second kappa shape index (κ2) is 6.22. The average Bonchev–Trinajstić information content (AvgIpc) is 2.76. The lowest BCUT2D eigenvalue weighted by Gasteiger charge is -2.15. The molecular weight excluding hydrogens is 259 g/mol. The van der Waals surface area contributed by atoms with Gasteiger partial charge in [0.05, 0.1) is 6.54 Å². The summed E-state index contributed by atoms with van der Waals surface area (Å²) in [6.07, 6.45) is -1.35. The number of nitrogens with zero attached hydrogens (tertiary/aromatic N) is 2. The van der Waals surface area contributed by atoms with E-state index in [1.807, 2.05) is 43.3 Å². The van der Waals surface area contributed by atoms with Crippen molar-refractivity contribution in [3.05, 3.63) is 29.8 Å². The number of β-amino-alcohol motifs (C(OH)–C–C–N with tert-alkyl or cyclic N) is 1. The smallest absolute Gasteiger partial charge is 0.223 e. The quantitative estimate of drug-likeness (QED) is 0.902. The number of carbonyl (C=O) groups is 1. The van der Waals surface area contributed by atoms with Crippen LogP contribution < -0.4 is 4.90 Å². The Morgan fingerprint density at radius 2 is 2.00 bits per heavy atom. The summed E-state index contributed by atoms with van der Waals surface area (Å²) in [4.78, 5) is 15.3. The Morgan fingerprint density at radius 3 is 2.50 bits per heavy atom. The highest BCUT2D eigenvalue weighted by molar-refractivity contribution is 5.77. The van der Waals surface area contributed by atoms with Crippen LogP contribution in [0, 0.1) is 0 Å². The number of likely N-dealkylation sites (tertiary alicyclic amines) is 1. The molecule has 1 heterocycles. The molecule has 0 aromatic heterocycles. The van der Waals surface area contributed by atoms with E-state index < -0.39 is 12.3 Å². The van der Waals surface area contributed by atoms with Crippen LogP contribution >= 0.6 is 0 Å². The number of benzene rings is 1. The standard InChI is InChI=1S/C15H21FN2O2/c1-17(2)12-6-3-11(4-7-12)5-8-15(20)18-9-13(16)14(19)10-18/h3-4,6-7,13-14,19H,5,8-10H2,1-2H3/t13-,14-/m1/s1. The first-order chi connectivity index (χ1) is 9.47. The molecule has 0 unspecified atom stereocenters. The van der Waals surface area contributed by atoms with Crippen molar-refractivity contribution in [3.63, 3.8) is 0 Å². The number of aliphatic hydroxyl groups is 1. The van der Waals surface area contributed by atoms with Crippen LogP contribution in [0.15, 0.2) is 24.3 Å². The summed E-state index contributed by atoms with van der Waals surface area (Å²) in [6.45, 7) is 0.124. The Bertz CT molecular complexity index is 451. The monoisotopic (exact) mass is 280 g/mol. The fourth-order valence-electron chi connectivity index (χ4n) is 2.32. The Morgan fingerprint density at radius 1 is 1.35 bits per heavy atom. The number of rotatable bonds is 4. The topological polar surface area (TPSA) is 43.8 Å². The molecule has 0 bridgehead atoms. The Balaban J connectivity index is 1.84. The molecule has 1 N–H and O–H groups in total. The van der Waals surface area contributed by atoms with Gasteiger partial charge in [-0.2, -0.15) is 0 Å². The zero-order valence-corrected chi connectivity index (χ0v) is 11.9. The first kappa shape index (κ1) is 14.8. The van der Waals surface area contributed by atoms with Crippen LogP contribution in [0.1, 0.15) is 12.0 Å². The number of anilines is 1. The van der Waals surface area contributed by atoms with Crippen molar-refractivity contribution in [1.29, 1.82) is 0 Å². The molecule has 20 heavy (non-hydrogen) atoms. The van der Waals surface area contributed by atoms with E-state index in [0.717, 1.165) is 11.3 Å². The van der Waals surface area contributed by atoms with Crippen LogP contribution in [0.25, 0.3) is 0 Å². The molecule has 1 aliphatic heterocycles. The van der Waals surface area contributed by atoms with E-state index >= 15 is 0 Å². The maximum atomic E-state index is 13.2. The van der Waals surface area contributed by atoms with Gasteiger partial charge in [0, 0.05) is 32.7 Å². The third-order valence-corrected chi connectivity index (χ3v) is 3.65. The van der Waals surface area contributed by atoms with Gasteiger partial charge in [-0.3, -0.25) is 4.79 Å². The number of alkyl halides is 1. The lowest BCUT2D eigenvalue weighted by atomic mass is 10.1. The van der Waals surface area contributed by atoms with E-state index in [9.17, 15) is 14.3 Å². The summed E-state index contributed by atoms with van der Waals surface area (Å²) in [5, 5.41) is 9.31. The molecule has 0 saturated carbocycles. The van der Waals surface area contributed by atoms with Crippen molar-refractivity contribution in [1.82, 2.24) is 4.90 Å². The molecular formula is C15H21FN2O2. The van der Waals surface area contributed by atoms with E-state index in [4.69, 9.17) is 0 Å². The Labute approximate surface area is 118 Å². The van der Waals surface area contributed by atoms with Gasteiger partial charge in [-0.1, -0.05) is 12.1 Å². The first-order valence-electron chi connectivity index (χ1n) is 6.83. The minimum absolute atomic E-state index is 0.0135. The summed E-state index contributed by atoms with van der Waals surface area (Å²) in [6, 6.07) is 8.02. The molecule has 1 saturated heterocycles. The molecule has 110 valence electrons. The van der Waals surface area contributed by atoms with Gasteiger partial charge in [0.25, 0.3) is 0 Å². The van der Waals surface area contributed by atoms with Gasteiger partial charge in [-0.25, -0.2) is 4.39 Å². The minimum atomic E-state index is -1.31. The summed E-state index contributed by atoms with van der Waals surface area (Å²) < 4.78 is 13.2. The number of aliphatic hydroxyl groups excluding tert-OH is 1. The number of amides is 1. The molecule has 1 amide bonds. The largest absolute Gasteiger partial charge is 0.388 e. The van der Waals surface area contributed by atoms with E-state index in [1.54, 1.807) is 0 Å². The summed E-state index contributed by atoms with van der Waals surface area (Å²) in [5.41, 5.74) is 2.20. The lowest BCUT2D eigenvalue weighted by Crippen LogP contribution is -2.29. The van der Waals surface area contributed by atoms with E-state index in [1.165, 1.54) is 4.90 Å². The maximum Gasteiger partial charge on any atom is 0.223 e. The summed E-state index contributed by atoms with van der Waals surface area (Å²) >= 11 is 0. The van der Waals surface area contributed by atoms with Gasteiger partial charge in [-0.05, 0) is 24.1 Å². The SMILES string of the molecule is CN(C)c1ccc(CCC(=O)N2C[C@@H](O)[C@H](F)C2)cc1. The normalized spacial score (nSPS) is 22.1. The number of hydrogen-bond donors (Lipinski definition) is 1. The number of aryl methyl sites for hydroxylation is 1. The molecule has 0 radical (unpaired) electrons. The van der Waals surface area contributed by atoms with Gasteiger partial charge in [0.15, 0.2) is 0 Å². The fourth-order valence-corrected chi connectivity index (χ4v) is 2.32. The molecule has 1 fully saturated rings. The van der Waals surface area contributed by atoms with Crippen LogP contribution in [0.4, 0.5) is 10.1 Å². The fraction of sp³-hybridized carbons (Fsp3) is 0.533. The highest BCUT2D eigenvalue weighted by Gasteiger charge is 2.33. The molecule has 5 heteroatoms. The predicted octanol–water partition coefficient (Wildman–Crippen LogP) is 1.23. The van der Waals surface area contributed by atoms with Crippen LogP contribution in [-0.4, -0.2) is 55.4 Å². The number of hydrogen-bond acceptors (Lipinski definition) is 3. The molecule has 1 aromatic rings. The van der Waals surface area contributed by atoms with Crippen molar-refractivity contribution in [2.24, 2.45) is 0 Å². The van der Waals surface area contributed by atoms with Crippen molar-refractivity contribution >= 4 is 11.6 Å². The number of carbonyl (C=O) groups excluding carboxylic acids is 1. The van der Waals surface area contributed by atoms with Gasteiger partial charge in [0.1, 0.15) is 12.3 Å². The molecule has 1 aromatic carbocycles. The minimum Gasteiger partial charge on any atom is -0.388 e. The third kappa shape index (κ3) is 3.48. The van der Waals surface area contributed by atoms with E-state index in [0.29, 0.717) is 12.8 Å². The molecule has 4 nitrogen and oxygen atoms in total. The van der Waals surface area contributed by atoms with Gasteiger partial charge in [0.2, 0.25) is 5.91 Å². The predicted molar refractivity (Wildman–Crippen MR) is 76.6 cm³/mol. The van der Waals surface area contributed by atoms with Gasteiger partial charge < -0.3 is 14.9 Å². The van der Waals surface area contributed by atoms with Gasteiger partial charge in [-0.15, -0.1) is 0 Å². The van der Waals surface area contributed by atoms with Gasteiger partial charge >= 0.3 is 0 Å². The van der Waals surface area contributed by atoms with Crippen LogP contribution in [-0.2, 0) is 11.2 Å². The molecule has 1 aliphatic rings. The second-order valence-electron chi connectivity index (χ2n) is 5.44. The third-order valence-electron chi connectivity index (χ3n) is 3.65. The zero-order valence-electron chi connectivity index (χ0n) is 11.9. The Kier molecular flexibility index (Phi) is 4.60. The highest BCUT2D eigenvalue weighted by Crippen LogP contribution is 2.17. The summed E-state index contributed by atoms with van der Waals surface area (Å²) in [5.74, 6) is -0.0964. The van der Waals surface area contributed by atoms with Crippen molar-refractivity contribution in [2.45, 2.75) is 25.1 Å². The first-order valence-corrected chi connectivity index (χ1v) is 6.83. The average molecular weight is 280 g/mol. The molecule has 2 rings (SSSR count). The highest BCUT2D eigenvalue weighted by atomic mass is 19.1. The van der Waals surface area contributed by atoms with Crippen molar-refractivity contribution in [3.8, 4) is 0 Å². The van der Waals surface area contributed by atoms with Crippen LogP contribution in [0.3, 0.4) is 0 Å². The van der Waals surface area contributed by atoms with E-state index in [2.05, 4.69) is 0 Å². The Hall–Kier alpha value is -1.62. The molecule has 0 spiro atoms. The van der Waals surface area contributed by atoms with Crippen molar-refractivity contribution < 1.29 is 14.3 Å². The van der Waals surface area contributed by atoms with Crippen LogP contribution in [0.5, 0.6) is 0 Å². The van der Waals surface area contributed by atoms with Crippen LogP contribution in [0.2, 0.25) is 0 Å². The molecule has 2 atom stereocenters. The summed E-state index contributed by atoms with van der Waals surface area (Å²) in [7, 11) is 3.95. The van der Waals surface area contributed by atoms with E-state index in [-0.39, 0.29) is 19.0 Å². The van der Waals surface area contributed by atoms with Crippen molar-refractivity contribution in [2.75, 3.05) is 32.1 Å². The molecule has 0 aliphatic carbocycles. The second-order valence-corrected chi connectivity index (χ2v) is 5.44. The lowest BCUT2D eigenvalue weighted by molar-refractivity contribution is -0.130. The zero-order chi connectivity index (χ0) is 14.7.